The quantitative estimate of drug-likeness (QED) is 0.736. The van der Waals surface area contributed by atoms with Gasteiger partial charge >= 0.3 is 6.09 Å². The Kier molecular flexibility index (Phi) is 5.09. The third-order valence-corrected chi connectivity index (χ3v) is 2.36. The third kappa shape index (κ3) is 4.09. The fraction of sp³-hybridized carbons (Fsp3) is 0.615. The van der Waals surface area contributed by atoms with E-state index in [-0.39, 0.29) is 6.09 Å². The summed E-state index contributed by atoms with van der Waals surface area (Å²) >= 11 is 0. The van der Waals surface area contributed by atoms with E-state index < -0.39 is 0 Å². The van der Waals surface area contributed by atoms with E-state index in [9.17, 15) is 4.79 Å². The van der Waals surface area contributed by atoms with Gasteiger partial charge in [0.2, 0.25) is 0 Å². The van der Waals surface area contributed by atoms with Crippen LogP contribution >= 0.6 is 0 Å². The van der Waals surface area contributed by atoms with Gasteiger partial charge in [-0.25, -0.2) is 4.79 Å². The summed E-state index contributed by atoms with van der Waals surface area (Å²) in [5.41, 5.74) is 1.19. The molecule has 1 heterocycles. The first-order valence-corrected chi connectivity index (χ1v) is 5.87. The van der Waals surface area contributed by atoms with Gasteiger partial charge in [-0.3, -0.25) is 0 Å². The van der Waals surface area contributed by atoms with Crippen LogP contribution < -0.4 is 0 Å². The number of nitrogens with zero attached hydrogens (tertiary/aromatic N) is 1. The number of carbonyl (C=O) groups is 1. The number of allylic oxidation sites excluding steroid dienone is 1. The molecule has 0 saturated heterocycles. The van der Waals surface area contributed by atoms with Gasteiger partial charge in [-0.15, -0.1) is 0 Å². The van der Waals surface area contributed by atoms with Crippen LogP contribution in [0.3, 0.4) is 0 Å². The van der Waals surface area contributed by atoms with E-state index in [0.29, 0.717) is 19.1 Å². The van der Waals surface area contributed by atoms with Crippen LogP contribution in [0.5, 0.6) is 0 Å². The number of hydrogen-bond acceptors (Lipinski definition) is 2. The Balaban J connectivity index is 2.44. The molecule has 0 atom stereocenters. The Hall–Kier alpha value is -1.25. The molecule has 0 N–H and O–H groups in total. The van der Waals surface area contributed by atoms with Gasteiger partial charge in [-0.05, 0) is 24.8 Å². The number of rotatable bonds is 3. The summed E-state index contributed by atoms with van der Waals surface area (Å²) in [4.78, 5) is 13.5. The summed E-state index contributed by atoms with van der Waals surface area (Å²) < 4.78 is 5.21. The van der Waals surface area contributed by atoms with Gasteiger partial charge in [0.25, 0.3) is 0 Å². The Labute approximate surface area is 97.8 Å². The molecule has 1 amide bonds. The van der Waals surface area contributed by atoms with Crippen LogP contribution in [-0.4, -0.2) is 30.7 Å². The molecule has 3 nitrogen and oxygen atoms in total. The second kappa shape index (κ2) is 6.36. The Morgan fingerprint density at radius 3 is 3.00 bits per heavy atom. The zero-order valence-electron chi connectivity index (χ0n) is 10.4. The lowest BCUT2D eigenvalue weighted by atomic mass is 10.1. The van der Waals surface area contributed by atoms with E-state index >= 15 is 0 Å². The molecule has 1 rings (SSSR count). The molecule has 0 radical (unpaired) electrons. The van der Waals surface area contributed by atoms with Crippen molar-refractivity contribution < 1.29 is 9.53 Å². The highest BCUT2D eigenvalue weighted by Gasteiger charge is 2.18. The first kappa shape index (κ1) is 12.8. The van der Waals surface area contributed by atoms with Gasteiger partial charge < -0.3 is 9.64 Å². The minimum atomic E-state index is -0.191. The summed E-state index contributed by atoms with van der Waals surface area (Å²) in [7, 11) is 0. The van der Waals surface area contributed by atoms with Crippen molar-refractivity contribution in [2.75, 3.05) is 19.7 Å². The maximum Gasteiger partial charge on any atom is 0.410 e. The highest BCUT2D eigenvalue weighted by molar-refractivity contribution is 5.68. The average molecular weight is 223 g/mol. The zero-order valence-corrected chi connectivity index (χ0v) is 10.4. The average Bonchev–Trinajstić information content (AvgIpc) is 2.26. The predicted octanol–water partition coefficient (Wildman–Crippen LogP) is 2.99. The van der Waals surface area contributed by atoms with E-state index in [1.807, 2.05) is 32.9 Å². The van der Waals surface area contributed by atoms with Crippen LogP contribution in [0.25, 0.3) is 0 Å². The topological polar surface area (TPSA) is 29.5 Å². The molecule has 0 aromatic rings. The molecule has 16 heavy (non-hydrogen) atoms. The van der Waals surface area contributed by atoms with Gasteiger partial charge in [0.15, 0.2) is 0 Å². The maximum atomic E-state index is 11.7. The Bertz CT molecular complexity index is 292. The molecule has 0 aromatic heterocycles. The Morgan fingerprint density at radius 1 is 1.62 bits per heavy atom. The van der Waals surface area contributed by atoms with E-state index in [2.05, 4.69) is 6.08 Å². The first-order chi connectivity index (χ1) is 7.63. The molecule has 0 bridgehead atoms. The van der Waals surface area contributed by atoms with Crippen LogP contribution in [0, 0.1) is 5.92 Å². The van der Waals surface area contributed by atoms with Crippen LogP contribution in [0.15, 0.2) is 23.8 Å². The lowest BCUT2D eigenvalue weighted by Gasteiger charge is -2.26. The largest absolute Gasteiger partial charge is 0.449 e. The van der Waals surface area contributed by atoms with Crippen molar-refractivity contribution in [2.45, 2.75) is 27.2 Å². The molecule has 1 aliphatic heterocycles. The summed E-state index contributed by atoms with van der Waals surface area (Å²) in [6.45, 7) is 7.98. The molecule has 0 spiro atoms. The molecular weight excluding hydrogens is 202 g/mol. The summed E-state index contributed by atoms with van der Waals surface area (Å²) in [5, 5.41) is 0. The molecule has 90 valence electrons. The second-order valence-electron chi connectivity index (χ2n) is 4.46. The maximum absolute atomic E-state index is 11.7. The smallest absolute Gasteiger partial charge is 0.410 e. The van der Waals surface area contributed by atoms with Crippen molar-refractivity contribution in [3.8, 4) is 0 Å². The second-order valence-corrected chi connectivity index (χ2v) is 4.46. The van der Waals surface area contributed by atoms with Gasteiger partial charge in [0, 0.05) is 13.1 Å². The van der Waals surface area contributed by atoms with Crippen LogP contribution in [0.4, 0.5) is 4.79 Å². The van der Waals surface area contributed by atoms with Crippen molar-refractivity contribution in [3.05, 3.63) is 23.8 Å². The molecule has 0 fully saturated rings. The van der Waals surface area contributed by atoms with E-state index in [1.165, 1.54) is 5.57 Å². The van der Waals surface area contributed by atoms with Gasteiger partial charge in [0.1, 0.15) is 0 Å². The van der Waals surface area contributed by atoms with Crippen molar-refractivity contribution >= 4 is 6.09 Å². The molecule has 0 unspecified atom stereocenters. The first-order valence-electron chi connectivity index (χ1n) is 5.87. The predicted molar refractivity (Wildman–Crippen MR) is 65.3 cm³/mol. The number of amides is 1. The molecule has 0 saturated carbocycles. The zero-order chi connectivity index (χ0) is 12.0. The van der Waals surface area contributed by atoms with Crippen LogP contribution in [-0.2, 0) is 4.74 Å². The molecule has 3 heteroatoms. The van der Waals surface area contributed by atoms with E-state index in [4.69, 9.17) is 4.74 Å². The molecule has 0 aliphatic carbocycles. The van der Waals surface area contributed by atoms with E-state index in [0.717, 1.165) is 13.0 Å². The van der Waals surface area contributed by atoms with Gasteiger partial charge in [-0.1, -0.05) is 32.1 Å². The SMILES string of the molecule is C/C=C/C1=CCCN(C(=O)OCC(C)C)C1. The molecule has 1 aliphatic rings. The number of hydrogen-bond donors (Lipinski definition) is 0. The van der Waals surface area contributed by atoms with Gasteiger partial charge in [-0.2, -0.15) is 0 Å². The highest BCUT2D eigenvalue weighted by Crippen LogP contribution is 2.12. The fourth-order valence-electron chi connectivity index (χ4n) is 1.59. The summed E-state index contributed by atoms with van der Waals surface area (Å²) in [6, 6.07) is 0. The molecule has 0 aromatic carbocycles. The van der Waals surface area contributed by atoms with E-state index in [1.54, 1.807) is 4.90 Å². The Morgan fingerprint density at radius 2 is 2.38 bits per heavy atom. The fourth-order valence-corrected chi connectivity index (χ4v) is 1.59. The normalized spacial score (nSPS) is 16.8. The summed E-state index contributed by atoms with van der Waals surface area (Å²) in [5.74, 6) is 0.388. The number of ether oxygens (including phenoxy) is 1. The van der Waals surface area contributed by atoms with Crippen LogP contribution in [0.1, 0.15) is 27.2 Å². The van der Waals surface area contributed by atoms with Crippen molar-refractivity contribution in [3.63, 3.8) is 0 Å². The van der Waals surface area contributed by atoms with Crippen molar-refractivity contribution in [1.29, 1.82) is 0 Å². The van der Waals surface area contributed by atoms with Crippen molar-refractivity contribution in [1.82, 2.24) is 4.90 Å². The lowest BCUT2D eigenvalue weighted by Crippen LogP contribution is -2.36. The standard InChI is InChI=1S/C13H21NO2/c1-4-6-12-7-5-8-14(9-12)13(15)16-10-11(2)3/h4,6-7,11H,5,8-10H2,1-3H3/b6-4+. The molecular formula is C13H21NO2. The minimum absolute atomic E-state index is 0.191. The third-order valence-electron chi connectivity index (χ3n) is 2.36. The number of carbonyl (C=O) groups excluding carboxylic acids is 1. The van der Waals surface area contributed by atoms with Gasteiger partial charge in [0.05, 0.1) is 6.61 Å². The summed E-state index contributed by atoms with van der Waals surface area (Å²) in [6.07, 6.45) is 6.93. The van der Waals surface area contributed by atoms with Crippen LogP contribution in [0.2, 0.25) is 0 Å². The minimum Gasteiger partial charge on any atom is -0.449 e. The monoisotopic (exact) mass is 223 g/mol. The van der Waals surface area contributed by atoms with Crippen molar-refractivity contribution in [2.24, 2.45) is 5.92 Å². The lowest BCUT2D eigenvalue weighted by molar-refractivity contribution is 0.0944. The highest BCUT2D eigenvalue weighted by atomic mass is 16.6.